The van der Waals surface area contributed by atoms with Crippen molar-refractivity contribution in [3.8, 4) is 0 Å². The highest BCUT2D eigenvalue weighted by Gasteiger charge is 2.28. The van der Waals surface area contributed by atoms with Crippen LogP contribution in [0.3, 0.4) is 0 Å². The normalized spacial score (nSPS) is 12.2. The third-order valence-electron chi connectivity index (χ3n) is 5.53. The van der Waals surface area contributed by atoms with Crippen molar-refractivity contribution in [1.29, 1.82) is 0 Å². The van der Waals surface area contributed by atoms with Gasteiger partial charge in [0.2, 0.25) is 11.8 Å². The molecule has 0 saturated heterocycles. The van der Waals surface area contributed by atoms with Crippen molar-refractivity contribution in [1.82, 2.24) is 16.0 Å². The van der Waals surface area contributed by atoms with Crippen molar-refractivity contribution in [3.05, 3.63) is 65.7 Å². The predicted octanol–water partition coefficient (Wildman–Crippen LogP) is 2.39. The van der Waals surface area contributed by atoms with E-state index in [4.69, 9.17) is 10.5 Å². The second-order valence-electron chi connectivity index (χ2n) is 9.23. The number of hydrogen-bond acceptors (Lipinski definition) is 6. The van der Waals surface area contributed by atoms with Crippen molar-refractivity contribution >= 4 is 29.6 Å². The number of benzene rings is 2. The lowest BCUT2D eigenvalue weighted by atomic mass is 10.0. The summed E-state index contributed by atoms with van der Waals surface area (Å²) < 4.78 is 5.26. The molecular formula is C27H37N5O6. The Kier molecular flexibility index (Phi) is 12.6. The van der Waals surface area contributed by atoms with Crippen LogP contribution in [0.15, 0.2) is 54.6 Å². The van der Waals surface area contributed by atoms with E-state index >= 15 is 0 Å². The number of nitrogens with one attached hydrogen (secondary N) is 4. The number of urea groups is 1. The molecule has 38 heavy (non-hydrogen) atoms. The average molecular weight is 528 g/mol. The summed E-state index contributed by atoms with van der Waals surface area (Å²) in [6.45, 7) is 3.97. The van der Waals surface area contributed by atoms with E-state index in [0.717, 1.165) is 5.56 Å². The monoisotopic (exact) mass is 527 g/mol. The van der Waals surface area contributed by atoms with E-state index < -0.39 is 36.0 Å². The third kappa shape index (κ3) is 11.3. The third-order valence-corrected chi connectivity index (χ3v) is 5.53. The summed E-state index contributed by atoms with van der Waals surface area (Å²) in [7, 11) is 0. The molecule has 2 aromatic carbocycles. The molecule has 0 radical (unpaired) electrons. The van der Waals surface area contributed by atoms with Gasteiger partial charge in [-0.2, -0.15) is 0 Å². The van der Waals surface area contributed by atoms with Crippen LogP contribution in [0, 0.1) is 5.92 Å². The minimum Gasteiger partial charge on any atom is -0.445 e. The quantitative estimate of drug-likeness (QED) is 0.206. The van der Waals surface area contributed by atoms with E-state index in [1.807, 2.05) is 44.2 Å². The van der Waals surface area contributed by atoms with Crippen LogP contribution < -0.4 is 27.0 Å². The highest BCUT2D eigenvalue weighted by atomic mass is 16.5. The molecule has 206 valence electrons. The Morgan fingerprint density at radius 3 is 2.18 bits per heavy atom. The molecule has 0 heterocycles. The molecule has 0 aromatic heterocycles. The second kappa shape index (κ2) is 15.9. The molecule has 0 unspecified atom stereocenters. The van der Waals surface area contributed by atoms with Gasteiger partial charge in [0.1, 0.15) is 18.7 Å². The van der Waals surface area contributed by atoms with E-state index in [2.05, 4.69) is 21.3 Å². The zero-order valence-corrected chi connectivity index (χ0v) is 21.7. The minimum atomic E-state index is -0.952. The summed E-state index contributed by atoms with van der Waals surface area (Å²) in [4.78, 5) is 49.7. The molecular weight excluding hydrogens is 490 g/mol. The number of aliphatic hydroxyl groups is 1. The second-order valence-corrected chi connectivity index (χ2v) is 9.23. The summed E-state index contributed by atoms with van der Waals surface area (Å²) in [5, 5.41) is 19.7. The average Bonchev–Trinajstić information content (AvgIpc) is 2.89. The lowest BCUT2D eigenvalue weighted by molar-refractivity contribution is -0.128. The number of carbonyl (C=O) groups excluding carboxylic acids is 4. The molecule has 2 atom stereocenters. The van der Waals surface area contributed by atoms with Crippen LogP contribution in [-0.4, -0.2) is 47.7 Å². The van der Waals surface area contributed by atoms with Gasteiger partial charge in [-0.25, -0.2) is 9.59 Å². The largest absolute Gasteiger partial charge is 0.445 e. The fraction of sp³-hybridized carbons (Fsp3) is 0.407. The number of rotatable bonds is 14. The van der Waals surface area contributed by atoms with Crippen molar-refractivity contribution in [2.75, 3.05) is 11.9 Å². The molecule has 5 amide bonds. The number of ether oxygens (including phenoxy) is 1. The topological polar surface area (TPSA) is 172 Å². The Hall–Kier alpha value is -4.12. The number of hydrogen-bond donors (Lipinski definition) is 6. The van der Waals surface area contributed by atoms with E-state index in [0.29, 0.717) is 24.1 Å². The van der Waals surface area contributed by atoms with Crippen LogP contribution in [0.4, 0.5) is 15.3 Å². The highest BCUT2D eigenvalue weighted by Crippen LogP contribution is 2.12. The first-order valence-corrected chi connectivity index (χ1v) is 12.5. The number of carbonyl (C=O) groups is 4. The van der Waals surface area contributed by atoms with Gasteiger partial charge in [0.15, 0.2) is 0 Å². The molecule has 0 aliphatic heterocycles. The molecule has 0 aliphatic rings. The van der Waals surface area contributed by atoms with Gasteiger partial charge in [0.05, 0.1) is 6.61 Å². The van der Waals surface area contributed by atoms with E-state index in [1.54, 1.807) is 24.3 Å². The number of primary amides is 1. The van der Waals surface area contributed by atoms with E-state index in [9.17, 15) is 24.3 Å². The van der Waals surface area contributed by atoms with E-state index in [-0.39, 0.29) is 32.1 Å². The van der Waals surface area contributed by atoms with Crippen molar-refractivity contribution < 1.29 is 29.0 Å². The van der Waals surface area contributed by atoms with Gasteiger partial charge >= 0.3 is 12.1 Å². The highest BCUT2D eigenvalue weighted by molar-refractivity contribution is 5.98. The fourth-order valence-electron chi connectivity index (χ4n) is 3.59. The van der Waals surface area contributed by atoms with Crippen LogP contribution in [0.1, 0.15) is 44.2 Å². The molecule has 11 heteroatoms. The summed E-state index contributed by atoms with van der Waals surface area (Å²) in [6.07, 6.45) is 0.156. The summed E-state index contributed by atoms with van der Waals surface area (Å²) in [5.41, 5.74) is 7.08. The lowest BCUT2D eigenvalue weighted by Gasteiger charge is -2.24. The number of alkyl carbamates (subject to hydrolysis) is 1. The molecule has 0 spiro atoms. The van der Waals surface area contributed by atoms with Gasteiger partial charge in [0, 0.05) is 12.2 Å². The van der Waals surface area contributed by atoms with Gasteiger partial charge in [-0.05, 0) is 48.4 Å². The number of anilines is 1. The van der Waals surface area contributed by atoms with Crippen LogP contribution in [-0.2, 0) is 27.5 Å². The molecule has 0 bridgehead atoms. The Morgan fingerprint density at radius 2 is 1.58 bits per heavy atom. The molecule has 0 aliphatic carbocycles. The number of amides is 5. The SMILES string of the molecule is CC(C)C[C@H](NC(=O)OCc1ccccc1)C(=O)N[C@@H](CCCNC(N)=O)C(=O)Nc1ccc(CO)cc1. The van der Waals surface area contributed by atoms with Crippen LogP contribution in [0.2, 0.25) is 0 Å². The first-order valence-electron chi connectivity index (χ1n) is 12.5. The van der Waals surface area contributed by atoms with Crippen molar-refractivity contribution in [3.63, 3.8) is 0 Å². The zero-order valence-electron chi connectivity index (χ0n) is 21.7. The Labute approximate surface area is 222 Å². The summed E-state index contributed by atoms with van der Waals surface area (Å²) in [5.74, 6) is -0.935. The Balaban J connectivity index is 2.06. The molecule has 7 N–H and O–H groups in total. The first-order chi connectivity index (χ1) is 18.2. The van der Waals surface area contributed by atoms with Gasteiger partial charge in [-0.3, -0.25) is 9.59 Å². The van der Waals surface area contributed by atoms with Gasteiger partial charge in [0.25, 0.3) is 0 Å². The molecule has 2 aromatic rings. The summed E-state index contributed by atoms with van der Waals surface area (Å²) >= 11 is 0. The van der Waals surface area contributed by atoms with Crippen molar-refractivity contribution in [2.45, 2.75) is 58.4 Å². The van der Waals surface area contributed by atoms with Gasteiger partial charge in [-0.1, -0.05) is 56.3 Å². The maximum atomic E-state index is 13.2. The zero-order chi connectivity index (χ0) is 27.9. The van der Waals surface area contributed by atoms with Crippen LogP contribution in [0.25, 0.3) is 0 Å². The predicted molar refractivity (Wildman–Crippen MR) is 143 cm³/mol. The smallest absolute Gasteiger partial charge is 0.408 e. The van der Waals surface area contributed by atoms with Gasteiger partial charge in [-0.15, -0.1) is 0 Å². The summed E-state index contributed by atoms with van der Waals surface area (Å²) in [6, 6.07) is 13.2. The maximum absolute atomic E-state index is 13.2. The Bertz CT molecular complexity index is 1050. The van der Waals surface area contributed by atoms with E-state index in [1.165, 1.54) is 0 Å². The lowest BCUT2D eigenvalue weighted by Crippen LogP contribution is -2.53. The maximum Gasteiger partial charge on any atom is 0.408 e. The van der Waals surface area contributed by atoms with Gasteiger partial charge < -0.3 is 36.8 Å². The van der Waals surface area contributed by atoms with Crippen LogP contribution in [0.5, 0.6) is 0 Å². The Morgan fingerprint density at radius 1 is 0.895 bits per heavy atom. The number of nitrogens with two attached hydrogens (primary N) is 1. The van der Waals surface area contributed by atoms with Crippen LogP contribution >= 0.6 is 0 Å². The number of aliphatic hydroxyl groups excluding tert-OH is 1. The fourth-order valence-corrected chi connectivity index (χ4v) is 3.59. The first kappa shape index (κ1) is 30.1. The van der Waals surface area contributed by atoms with Crippen molar-refractivity contribution in [2.24, 2.45) is 11.7 Å². The molecule has 0 fully saturated rings. The molecule has 2 rings (SSSR count). The molecule has 11 nitrogen and oxygen atoms in total. The minimum absolute atomic E-state index is 0.0512. The standard InChI is InChI=1S/C27H37N5O6/c1-18(2)15-23(32-27(37)38-17-20-7-4-3-5-8-20)25(35)31-22(9-6-14-29-26(28)36)24(34)30-21-12-10-19(16-33)11-13-21/h3-5,7-8,10-13,18,22-23,33H,6,9,14-17H2,1-2H3,(H,30,34)(H,31,35)(H,32,37)(H3,28,29,36)/t22-,23-/m0/s1. The molecule has 0 saturated carbocycles.